The molecule has 37 heavy (non-hydrogen) atoms. The Labute approximate surface area is 209 Å². The van der Waals surface area contributed by atoms with E-state index in [1.807, 2.05) is 0 Å². The summed E-state index contributed by atoms with van der Waals surface area (Å²) in [4.78, 5) is 7.80. The van der Waals surface area contributed by atoms with Crippen LogP contribution in [0.1, 0.15) is 17.0 Å². The molecule has 0 aliphatic rings. The molecule has 2 aromatic heterocycles. The fraction of sp³-hybridized carbons (Fsp3) is 0.167. The van der Waals surface area contributed by atoms with Gasteiger partial charge in [0.2, 0.25) is 5.88 Å². The summed E-state index contributed by atoms with van der Waals surface area (Å²) in [5.41, 5.74) is 0.523. The second-order valence-corrected chi connectivity index (χ2v) is 9.64. The zero-order valence-electron chi connectivity index (χ0n) is 19.5. The van der Waals surface area contributed by atoms with E-state index in [4.69, 9.17) is 4.74 Å². The van der Waals surface area contributed by atoms with E-state index in [2.05, 4.69) is 26.0 Å². The molecule has 0 aliphatic carbocycles. The van der Waals surface area contributed by atoms with Gasteiger partial charge < -0.3 is 14.6 Å². The molecule has 0 saturated heterocycles. The lowest BCUT2D eigenvalue weighted by Crippen LogP contribution is -2.09. The number of aryl methyl sites for hydroxylation is 1. The van der Waals surface area contributed by atoms with Crippen molar-refractivity contribution in [1.82, 2.24) is 14.5 Å². The number of alkyl halides is 3. The van der Waals surface area contributed by atoms with E-state index in [9.17, 15) is 21.6 Å². The first-order valence-corrected chi connectivity index (χ1v) is 12.4. The summed E-state index contributed by atoms with van der Waals surface area (Å²) in [5, 5.41) is 3.01. The van der Waals surface area contributed by atoms with E-state index in [-0.39, 0.29) is 40.8 Å². The van der Waals surface area contributed by atoms with Crippen LogP contribution in [0.25, 0.3) is 16.7 Å². The van der Waals surface area contributed by atoms with Crippen LogP contribution in [0.5, 0.6) is 11.6 Å². The van der Waals surface area contributed by atoms with Gasteiger partial charge in [-0.2, -0.15) is 21.6 Å². The SMILES string of the molecule is C=C(Nc1cccc(C(F)(F)F)c1)n1c(C)cc2c(F)c(Oc3cc(COS(C)(=O)=O)ncn3)ccc21. The van der Waals surface area contributed by atoms with Crippen molar-refractivity contribution in [3.8, 4) is 11.6 Å². The minimum Gasteiger partial charge on any atom is -0.436 e. The molecule has 4 rings (SSSR count). The van der Waals surface area contributed by atoms with Crippen LogP contribution in [0.3, 0.4) is 0 Å². The molecule has 0 bridgehead atoms. The number of fused-ring (bicyclic) bond motifs is 1. The molecule has 2 heterocycles. The summed E-state index contributed by atoms with van der Waals surface area (Å²) in [7, 11) is -3.69. The van der Waals surface area contributed by atoms with Crippen molar-refractivity contribution in [3.05, 3.63) is 84.2 Å². The first kappa shape index (κ1) is 26.1. The van der Waals surface area contributed by atoms with Crippen molar-refractivity contribution < 1.29 is 34.9 Å². The average Bonchev–Trinajstić information content (AvgIpc) is 3.16. The Morgan fingerprint density at radius 2 is 1.89 bits per heavy atom. The Hall–Kier alpha value is -3.97. The van der Waals surface area contributed by atoms with Gasteiger partial charge in [0.05, 0.1) is 23.0 Å². The van der Waals surface area contributed by atoms with Gasteiger partial charge in [-0.1, -0.05) is 12.6 Å². The van der Waals surface area contributed by atoms with E-state index in [1.165, 1.54) is 24.3 Å². The van der Waals surface area contributed by atoms with E-state index in [0.717, 1.165) is 24.7 Å². The van der Waals surface area contributed by atoms with Gasteiger partial charge in [0.25, 0.3) is 10.1 Å². The summed E-state index contributed by atoms with van der Waals surface area (Å²) in [5.74, 6) is -0.688. The van der Waals surface area contributed by atoms with Crippen LogP contribution in [0, 0.1) is 12.7 Å². The molecule has 0 aliphatic heterocycles. The van der Waals surface area contributed by atoms with Crippen molar-refractivity contribution in [1.29, 1.82) is 0 Å². The van der Waals surface area contributed by atoms with Gasteiger partial charge in [0, 0.05) is 22.8 Å². The lowest BCUT2D eigenvalue weighted by atomic mass is 10.2. The Morgan fingerprint density at radius 1 is 1.14 bits per heavy atom. The van der Waals surface area contributed by atoms with Gasteiger partial charge >= 0.3 is 6.18 Å². The molecule has 0 spiro atoms. The third-order valence-corrected chi connectivity index (χ3v) is 5.70. The molecule has 0 saturated carbocycles. The number of hydrogen-bond acceptors (Lipinski definition) is 7. The van der Waals surface area contributed by atoms with Crippen molar-refractivity contribution >= 4 is 32.5 Å². The highest BCUT2D eigenvalue weighted by atomic mass is 32.2. The van der Waals surface area contributed by atoms with Gasteiger partial charge in [0.1, 0.15) is 18.8 Å². The van der Waals surface area contributed by atoms with Crippen molar-refractivity contribution in [2.75, 3.05) is 11.6 Å². The molecule has 1 N–H and O–H groups in total. The smallest absolute Gasteiger partial charge is 0.416 e. The predicted octanol–water partition coefficient (Wildman–Crippen LogP) is 5.71. The topological polar surface area (TPSA) is 95.3 Å². The highest BCUT2D eigenvalue weighted by Crippen LogP contribution is 2.34. The number of aromatic nitrogens is 3. The predicted molar refractivity (Wildman–Crippen MR) is 129 cm³/mol. The van der Waals surface area contributed by atoms with Gasteiger partial charge in [-0.25, -0.2) is 14.4 Å². The maximum absolute atomic E-state index is 15.4. The number of rotatable bonds is 8. The number of anilines is 1. The second kappa shape index (κ2) is 9.82. The number of benzene rings is 2. The van der Waals surface area contributed by atoms with E-state index >= 15 is 4.39 Å². The Kier molecular flexibility index (Phi) is 6.93. The molecular weight excluding hydrogens is 516 g/mol. The zero-order chi connectivity index (χ0) is 27.0. The largest absolute Gasteiger partial charge is 0.436 e. The number of nitrogens with one attached hydrogen (secondary N) is 1. The maximum Gasteiger partial charge on any atom is 0.416 e. The highest BCUT2D eigenvalue weighted by Gasteiger charge is 2.30. The fourth-order valence-corrected chi connectivity index (χ4v) is 3.92. The molecule has 0 radical (unpaired) electrons. The molecule has 2 aromatic carbocycles. The molecule has 0 unspecified atom stereocenters. The Morgan fingerprint density at radius 3 is 2.59 bits per heavy atom. The van der Waals surface area contributed by atoms with Gasteiger partial charge in [-0.15, -0.1) is 0 Å². The molecule has 0 atom stereocenters. The molecule has 13 heteroatoms. The van der Waals surface area contributed by atoms with Crippen LogP contribution in [0.2, 0.25) is 0 Å². The minimum atomic E-state index is -4.50. The summed E-state index contributed by atoms with van der Waals surface area (Å²) >= 11 is 0. The molecule has 194 valence electrons. The van der Waals surface area contributed by atoms with E-state index in [0.29, 0.717) is 11.2 Å². The summed E-state index contributed by atoms with van der Waals surface area (Å²) in [6.07, 6.45) is -2.48. The lowest BCUT2D eigenvalue weighted by molar-refractivity contribution is -0.137. The second-order valence-electron chi connectivity index (χ2n) is 8.00. The van der Waals surface area contributed by atoms with Crippen LogP contribution >= 0.6 is 0 Å². The van der Waals surface area contributed by atoms with Crippen LogP contribution in [-0.4, -0.2) is 29.2 Å². The average molecular weight is 537 g/mol. The number of hydrogen-bond donors (Lipinski definition) is 1. The summed E-state index contributed by atoms with van der Waals surface area (Å²) < 4.78 is 88.7. The number of nitrogens with zero attached hydrogens (tertiary/aromatic N) is 3. The quantitative estimate of drug-likeness (QED) is 0.228. The zero-order valence-corrected chi connectivity index (χ0v) is 20.3. The van der Waals surface area contributed by atoms with Gasteiger partial charge in [0.15, 0.2) is 11.6 Å². The van der Waals surface area contributed by atoms with Crippen LogP contribution in [-0.2, 0) is 27.1 Å². The van der Waals surface area contributed by atoms with Crippen LogP contribution < -0.4 is 10.1 Å². The fourth-order valence-electron chi connectivity index (χ4n) is 3.58. The minimum absolute atomic E-state index is 0.0351. The molecule has 8 nitrogen and oxygen atoms in total. The molecule has 0 amide bonds. The van der Waals surface area contributed by atoms with E-state index < -0.39 is 27.7 Å². The van der Waals surface area contributed by atoms with Gasteiger partial charge in [-0.3, -0.25) is 4.18 Å². The highest BCUT2D eigenvalue weighted by molar-refractivity contribution is 7.85. The first-order valence-electron chi connectivity index (χ1n) is 10.6. The Bertz CT molecular complexity index is 1600. The summed E-state index contributed by atoms with van der Waals surface area (Å²) in [6, 6.07) is 10.4. The van der Waals surface area contributed by atoms with E-state index in [1.54, 1.807) is 23.6 Å². The van der Waals surface area contributed by atoms with Crippen molar-refractivity contribution in [2.45, 2.75) is 19.7 Å². The maximum atomic E-state index is 15.4. The molecule has 0 fully saturated rings. The molecule has 4 aromatic rings. The first-order chi connectivity index (χ1) is 17.3. The monoisotopic (exact) mass is 536 g/mol. The number of ether oxygens (including phenoxy) is 1. The van der Waals surface area contributed by atoms with Crippen molar-refractivity contribution in [3.63, 3.8) is 0 Å². The summed E-state index contributed by atoms with van der Waals surface area (Å²) in [6.45, 7) is 5.25. The normalized spacial score (nSPS) is 12.1. The van der Waals surface area contributed by atoms with Crippen molar-refractivity contribution in [2.24, 2.45) is 0 Å². The number of halogens is 4. The lowest BCUT2D eigenvalue weighted by Gasteiger charge is -2.16. The third-order valence-electron chi connectivity index (χ3n) is 5.15. The molecular formula is C24H20F4N4O4S. The standard InChI is InChI=1S/C24H20F4N4O4S/c1-14-9-19-20(32(14)15(2)31-17-6-4-5-16(10-17)24(26,27)28)7-8-21(23(19)25)36-22-11-18(29-13-30-22)12-35-37(3,33)34/h4-11,13,31H,2,12H2,1,3H3. The van der Waals surface area contributed by atoms with Crippen LogP contribution in [0.4, 0.5) is 23.2 Å². The Balaban J connectivity index is 1.59. The van der Waals surface area contributed by atoms with Crippen LogP contribution in [0.15, 0.2) is 61.4 Å². The van der Waals surface area contributed by atoms with Gasteiger partial charge in [-0.05, 0) is 43.3 Å². The third kappa shape index (κ3) is 6.06.